The Morgan fingerprint density at radius 2 is 1.88 bits per heavy atom. The lowest BCUT2D eigenvalue weighted by Gasteiger charge is -2.17. The van der Waals surface area contributed by atoms with Crippen LogP contribution in [-0.4, -0.2) is 39.5 Å². The molecule has 0 amide bonds. The highest BCUT2D eigenvalue weighted by Gasteiger charge is 2.05. The molecule has 3 heteroatoms. The van der Waals surface area contributed by atoms with Gasteiger partial charge in [-0.3, -0.25) is 0 Å². The largest absolute Gasteiger partial charge is 0.383 e. The summed E-state index contributed by atoms with van der Waals surface area (Å²) < 4.78 is 10.7. The van der Waals surface area contributed by atoms with Crippen molar-refractivity contribution in [1.29, 1.82) is 0 Å². The molecule has 98 valence electrons. The van der Waals surface area contributed by atoms with Gasteiger partial charge in [0, 0.05) is 26.3 Å². The minimum atomic E-state index is 0.476. The molecular formula is C13H29NO2. The standard InChI is InChI=1S/C13H29NO2/c1-5-6-13(11-15-4)14-8-10-16-9-7-12(2)3/h12-14H,5-11H2,1-4H3. The van der Waals surface area contributed by atoms with Crippen molar-refractivity contribution in [3.63, 3.8) is 0 Å². The van der Waals surface area contributed by atoms with Crippen LogP contribution in [0, 0.1) is 5.92 Å². The minimum Gasteiger partial charge on any atom is -0.383 e. The average molecular weight is 231 g/mol. The van der Waals surface area contributed by atoms with Gasteiger partial charge in [0.2, 0.25) is 0 Å². The monoisotopic (exact) mass is 231 g/mol. The van der Waals surface area contributed by atoms with Crippen LogP contribution >= 0.6 is 0 Å². The second-order valence-electron chi connectivity index (χ2n) is 4.69. The Balaban J connectivity index is 3.32. The van der Waals surface area contributed by atoms with Crippen molar-refractivity contribution in [2.75, 3.05) is 33.5 Å². The van der Waals surface area contributed by atoms with E-state index in [9.17, 15) is 0 Å². The highest BCUT2D eigenvalue weighted by Crippen LogP contribution is 1.99. The van der Waals surface area contributed by atoms with Gasteiger partial charge in [-0.25, -0.2) is 0 Å². The van der Waals surface area contributed by atoms with Crippen molar-refractivity contribution < 1.29 is 9.47 Å². The molecule has 0 aromatic heterocycles. The molecule has 0 aliphatic rings. The zero-order valence-corrected chi connectivity index (χ0v) is 11.4. The van der Waals surface area contributed by atoms with Crippen molar-refractivity contribution in [2.24, 2.45) is 5.92 Å². The van der Waals surface area contributed by atoms with Crippen LogP contribution in [0.4, 0.5) is 0 Å². The number of nitrogens with one attached hydrogen (secondary N) is 1. The molecule has 0 fully saturated rings. The predicted octanol–water partition coefficient (Wildman–Crippen LogP) is 2.45. The molecule has 0 aliphatic carbocycles. The quantitative estimate of drug-likeness (QED) is 0.554. The average Bonchev–Trinajstić information content (AvgIpc) is 2.23. The zero-order chi connectivity index (χ0) is 12.2. The number of hydrogen-bond acceptors (Lipinski definition) is 3. The van der Waals surface area contributed by atoms with E-state index in [1.165, 1.54) is 12.8 Å². The third kappa shape index (κ3) is 10.4. The lowest BCUT2D eigenvalue weighted by atomic mass is 10.1. The summed E-state index contributed by atoms with van der Waals surface area (Å²) in [6.45, 7) is 10.0. The van der Waals surface area contributed by atoms with Crippen LogP contribution < -0.4 is 5.32 Å². The molecule has 1 unspecified atom stereocenters. The fourth-order valence-corrected chi connectivity index (χ4v) is 1.55. The topological polar surface area (TPSA) is 30.5 Å². The first-order valence-electron chi connectivity index (χ1n) is 6.50. The predicted molar refractivity (Wildman–Crippen MR) is 68.8 cm³/mol. The van der Waals surface area contributed by atoms with Crippen LogP contribution in [0.3, 0.4) is 0 Å². The first-order chi connectivity index (χ1) is 7.70. The normalized spacial score (nSPS) is 13.3. The molecule has 0 heterocycles. The van der Waals surface area contributed by atoms with E-state index in [2.05, 4.69) is 26.1 Å². The Morgan fingerprint density at radius 1 is 1.12 bits per heavy atom. The van der Waals surface area contributed by atoms with Gasteiger partial charge in [-0.2, -0.15) is 0 Å². The molecule has 0 saturated carbocycles. The Morgan fingerprint density at radius 3 is 2.44 bits per heavy atom. The van der Waals surface area contributed by atoms with E-state index in [0.29, 0.717) is 6.04 Å². The Labute approximate surface area is 101 Å². The molecule has 0 aromatic carbocycles. The summed E-state index contributed by atoms with van der Waals surface area (Å²) in [6.07, 6.45) is 3.51. The third-order valence-electron chi connectivity index (χ3n) is 2.52. The summed E-state index contributed by atoms with van der Waals surface area (Å²) in [5.74, 6) is 0.731. The number of methoxy groups -OCH3 is 1. The Hall–Kier alpha value is -0.120. The molecule has 3 nitrogen and oxygen atoms in total. The van der Waals surface area contributed by atoms with Crippen LogP contribution in [0.1, 0.15) is 40.0 Å². The van der Waals surface area contributed by atoms with Gasteiger partial charge in [-0.15, -0.1) is 0 Å². The smallest absolute Gasteiger partial charge is 0.0615 e. The molecule has 0 aliphatic heterocycles. The summed E-state index contributed by atoms with van der Waals surface area (Å²) >= 11 is 0. The number of rotatable bonds is 11. The van der Waals surface area contributed by atoms with Crippen LogP contribution in [0.2, 0.25) is 0 Å². The second-order valence-corrected chi connectivity index (χ2v) is 4.69. The summed E-state index contributed by atoms with van der Waals surface area (Å²) in [7, 11) is 1.75. The highest BCUT2D eigenvalue weighted by atomic mass is 16.5. The molecule has 0 spiro atoms. The van der Waals surface area contributed by atoms with Gasteiger partial charge < -0.3 is 14.8 Å². The van der Waals surface area contributed by atoms with Gasteiger partial charge in [-0.1, -0.05) is 27.2 Å². The van der Waals surface area contributed by atoms with Crippen LogP contribution in [0.5, 0.6) is 0 Å². The van der Waals surface area contributed by atoms with Crippen LogP contribution in [0.25, 0.3) is 0 Å². The lowest BCUT2D eigenvalue weighted by Crippen LogP contribution is -2.35. The molecule has 0 rings (SSSR count). The summed E-state index contributed by atoms with van der Waals surface area (Å²) in [6, 6.07) is 0.476. The molecule has 16 heavy (non-hydrogen) atoms. The van der Waals surface area contributed by atoms with Crippen molar-refractivity contribution in [3.05, 3.63) is 0 Å². The first-order valence-corrected chi connectivity index (χ1v) is 6.50. The first kappa shape index (κ1) is 15.9. The maximum atomic E-state index is 5.55. The lowest BCUT2D eigenvalue weighted by molar-refractivity contribution is 0.114. The second kappa shape index (κ2) is 11.4. The zero-order valence-electron chi connectivity index (χ0n) is 11.4. The van der Waals surface area contributed by atoms with Gasteiger partial charge in [0.15, 0.2) is 0 Å². The van der Waals surface area contributed by atoms with E-state index >= 15 is 0 Å². The summed E-state index contributed by atoms with van der Waals surface area (Å²) in [5, 5.41) is 3.46. The molecular weight excluding hydrogens is 202 g/mol. The minimum absolute atomic E-state index is 0.476. The van der Waals surface area contributed by atoms with Gasteiger partial charge >= 0.3 is 0 Å². The summed E-state index contributed by atoms with van der Waals surface area (Å²) in [5.41, 5.74) is 0. The maximum absolute atomic E-state index is 5.55. The van der Waals surface area contributed by atoms with Gasteiger partial charge in [-0.05, 0) is 18.8 Å². The van der Waals surface area contributed by atoms with E-state index in [-0.39, 0.29) is 0 Å². The highest BCUT2D eigenvalue weighted by molar-refractivity contribution is 4.64. The van der Waals surface area contributed by atoms with E-state index in [1.807, 2.05) is 0 Å². The maximum Gasteiger partial charge on any atom is 0.0615 e. The van der Waals surface area contributed by atoms with Crippen molar-refractivity contribution in [1.82, 2.24) is 5.32 Å². The van der Waals surface area contributed by atoms with E-state index < -0.39 is 0 Å². The van der Waals surface area contributed by atoms with Gasteiger partial charge in [0.25, 0.3) is 0 Å². The fourth-order valence-electron chi connectivity index (χ4n) is 1.55. The van der Waals surface area contributed by atoms with Crippen molar-refractivity contribution in [3.8, 4) is 0 Å². The Bertz CT molecular complexity index is 134. The molecule has 0 saturated heterocycles. The van der Waals surface area contributed by atoms with Crippen LogP contribution in [0.15, 0.2) is 0 Å². The number of hydrogen-bond donors (Lipinski definition) is 1. The molecule has 1 atom stereocenters. The summed E-state index contributed by atoms with van der Waals surface area (Å²) in [4.78, 5) is 0. The third-order valence-corrected chi connectivity index (χ3v) is 2.52. The van der Waals surface area contributed by atoms with Crippen molar-refractivity contribution >= 4 is 0 Å². The van der Waals surface area contributed by atoms with E-state index in [0.717, 1.165) is 38.7 Å². The molecule has 0 aromatic rings. The van der Waals surface area contributed by atoms with Crippen molar-refractivity contribution in [2.45, 2.75) is 46.1 Å². The van der Waals surface area contributed by atoms with Gasteiger partial charge in [0.1, 0.15) is 0 Å². The van der Waals surface area contributed by atoms with Gasteiger partial charge in [0.05, 0.1) is 13.2 Å². The SMILES string of the molecule is CCCC(COC)NCCOCCC(C)C. The fraction of sp³-hybridized carbons (Fsp3) is 1.00. The molecule has 0 bridgehead atoms. The molecule has 1 N–H and O–H groups in total. The molecule has 0 radical (unpaired) electrons. The van der Waals surface area contributed by atoms with Crippen LogP contribution in [-0.2, 0) is 9.47 Å². The Kier molecular flexibility index (Phi) is 11.3. The van der Waals surface area contributed by atoms with E-state index in [4.69, 9.17) is 9.47 Å². The number of ether oxygens (including phenoxy) is 2. The van der Waals surface area contributed by atoms with E-state index in [1.54, 1.807) is 7.11 Å².